The van der Waals surface area contributed by atoms with E-state index in [9.17, 15) is 13.2 Å². The minimum atomic E-state index is -1.23. The second kappa shape index (κ2) is 13.0. The summed E-state index contributed by atoms with van der Waals surface area (Å²) in [5, 5.41) is 14.5. The van der Waals surface area contributed by atoms with Gasteiger partial charge in [-0.15, -0.1) is 0 Å². The maximum atomic E-state index is 14.2. The molecule has 220 valence electrons. The molecule has 0 radical (unpaired) electrons. The summed E-state index contributed by atoms with van der Waals surface area (Å²) in [5.41, 5.74) is 16.4. The Balaban J connectivity index is 0.000000220. The normalized spacial score (nSPS) is 30.7. The number of alkyl halides is 2. The lowest BCUT2D eigenvalue weighted by molar-refractivity contribution is 0.0208. The van der Waals surface area contributed by atoms with Crippen LogP contribution >= 0.6 is 0 Å². The molecule has 16 heteroatoms. The number of aromatic nitrogens is 4. The molecule has 2 fully saturated rings. The average molecular weight is 568 g/mol. The zero-order valence-electron chi connectivity index (χ0n) is 22.7. The molecule has 2 saturated heterocycles. The third-order valence-electron chi connectivity index (χ3n) is 6.93. The number of ether oxygens (including phenoxy) is 2. The number of imidazole rings is 2. The third kappa shape index (κ3) is 6.85. The summed E-state index contributed by atoms with van der Waals surface area (Å²) in [5.74, 6) is -0.999. The first-order valence-electron chi connectivity index (χ1n) is 12.8. The van der Waals surface area contributed by atoms with E-state index in [0.717, 1.165) is 12.8 Å². The molecule has 0 aromatic carbocycles. The Morgan fingerprint density at radius 1 is 0.875 bits per heavy atom. The number of hydrogen-bond acceptors (Lipinski definition) is 6. The molecule has 13 nitrogen and oxygen atoms in total. The van der Waals surface area contributed by atoms with Crippen LogP contribution in [0.15, 0.2) is 22.4 Å². The Labute approximate surface area is 229 Å². The van der Waals surface area contributed by atoms with E-state index >= 15 is 0 Å². The number of guanidine groups is 1. The van der Waals surface area contributed by atoms with Gasteiger partial charge in [-0.25, -0.2) is 18.7 Å². The number of amidine groups is 3. The van der Waals surface area contributed by atoms with E-state index in [0.29, 0.717) is 11.4 Å². The molecule has 0 aliphatic carbocycles. The lowest BCUT2D eigenvalue weighted by Crippen LogP contribution is -2.20. The van der Waals surface area contributed by atoms with Crippen LogP contribution < -0.4 is 17.2 Å². The molecule has 0 spiro atoms. The van der Waals surface area contributed by atoms with Crippen LogP contribution in [0.4, 0.5) is 13.2 Å². The van der Waals surface area contributed by atoms with Crippen molar-refractivity contribution in [3.05, 3.63) is 35.4 Å². The van der Waals surface area contributed by atoms with Crippen LogP contribution in [0.5, 0.6) is 0 Å². The maximum absolute atomic E-state index is 14.2. The quantitative estimate of drug-likeness (QED) is 0.157. The Kier molecular flexibility index (Phi) is 10.0. The zero-order valence-corrected chi connectivity index (χ0v) is 22.7. The van der Waals surface area contributed by atoms with Crippen molar-refractivity contribution in [1.29, 1.82) is 10.8 Å². The van der Waals surface area contributed by atoms with Crippen LogP contribution in [0.1, 0.15) is 75.8 Å². The highest BCUT2D eigenvalue weighted by atomic mass is 19.1. The van der Waals surface area contributed by atoms with Gasteiger partial charge in [0, 0.05) is 11.8 Å². The van der Waals surface area contributed by atoms with Gasteiger partial charge in [0.1, 0.15) is 24.6 Å². The fraction of sp³-hybridized carbons (Fsp3) is 0.583. The predicted molar refractivity (Wildman–Crippen MR) is 143 cm³/mol. The molecule has 0 unspecified atom stereocenters. The van der Waals surface area contributed by atoms with Crippen LogP contribution in [-0.2, 0) is 9.47 Å². The lowest BCUT2D eigenvalue weighted by atomic mass is 9.97. The van der Waals surface area contributed by atoms with Crippen LogP contribution in [-0.4, -0.2) is 68.2 Å². The SMILES string of the molecule is CC[C@H]1O[C@@H](c2cnc(C(=N)N=C(N)F)[nH]2)[C@H](F)[C@@H]1C.CC[C@H]1O[C@@H](c2cnc(C(N)=NC(=N)N)[nH]2)[C@H](F)[C@@H]1C. The third-order valence-corrected chi connectivity index (χ3v) is 6.93. The minimum Gasteiger partial charge on any atom is -0.380 e. The van der Waals surface area contributed by atoms with Crippen molar-refractivity contribution < 1.29 is 22.6 Å². The number of aliphatic imine (C=N–C) groups is 2. The van der Waals surface area contributed by atoms with E-state index in [2.05, 4.69) is 29.9 Å². The summed E-state index contributed by atoms with van der Waals surface area (Å²) in [6.45, 7) is 7.53. The van der Waals surface area contributed by atoms with Gasteiger partial charge in [-0.1, -0.05) is 27.7 Å². The standard InChI is InChI=1S/C12H17F2N5O.C12H19FN6O/c1-3-7-5(2)8(13)9(20-7)6-4-17-11(18-6)10(15)19-12(14)16;1-3-7-5(2)8(13)9(20-7)6-4-17-11(18-6)10(14)19-12(15)16/h4-5,7-9H,3H2,1-2H3,(H,17,18)(H3,15,16,19);4-5,7-9H,3H2,1-2H3,(H,17,18)(H5,14,15,16,19)/t2*5-,7-,8-,9+/m11/s1. The Morgan fingerprint density at radius 2 is 1.32 bits per heavy atom. The van der Waals surface area contributed by atoms with Crippen molar-refractivity contribution in [2.75, 3.05) is 0 Å². The molecule has 0 saturated carbocycles. The van der Waals surface area contributed by atoms with Crippen LogP contribution in [0, 0.1) is 22.7 Å². The largest absolute Gasteiger partial charge is 0.380 e. The first-order valence-corrected chi connectivity index (χ1v) is 12.8. The van der Waals surface area contributed by atoms with Gasteiger partial charge in [-0.2, -0.15) is 14.4 Å². The number of aromatic amines is 2. The smallest absolute Gasteiger partial charge is 0.281 e. The van der Waals surface area contributed by atoms with Crippen molar-refractivity contribution in [2.45, 2.75) is 77.3 Å². The summed E-state index contributed by atoms with van der Waals surface area (Å²) in [4.78, 5) is 20.2. The highest BCUT2D eigenvalue weighted by molar-refractivity contribution is 6.01. The molecule has 2 aromatic rings. The van der Waals surface area contributed by atoms with Gasteiger partial charge in [-0.05, 0) is 12.8 Å². The van der Waals surface area contributed by atoms with E-state index in [-0.39, 0.29) is 41.5 Å². The molecular weight excluding hydrogens is 531 g/mol. The van der Waals surface area contributed by atoms with E-state index in [1.165, 1.54) is 12.4 Å². The second-order valence-corrected chi connectivity index (χ2v) is 9.65. The zero-order chi connectivity index (χ0) is 29.7. The number of rotatable bonds is 6. The summed E-state index contributed by atoms with van der Waals surface area (Å²) < 4.78 is 52.2. The summed E-state index contributed by atoms with van der Waals surface area (Å²) in [6.07, 6.45) is -0.854. The molecule has 8 atom stereocenters. The minimum absolute atomic E-state index is 0.0164. The summed E-state index contributed by atoms with van der Waals surface area (Å²) in [6, 6.07) is 0. The maximum Gasteiger partial charge on any atom is 0.281 e. The number of nitrogens with one attached hydrogen (secondary N) is 4. The number of H-pyrrole nitrogens is 2. The van der Waals surface area contributed by atoms with E-state index < -0.39 is 42.4 Å². The molecule has 2 aliphatic heterocycles. The van der Waals surface area contributed by atoms with Crippen molar-refractivity contribution in [3.8, 4) is 0 Å². The molecular formula is C24H36F3N11O2. The molecule has 4 rings (SSSR count). The second-order valence-electron chi connectivity index (χ2n) is 9.65. The van der Waals surface area contributed by atoms with Gasteiger partial charge in [0.2, 0.25) is 5.96 Å². The summed E-state index contributed by atoms with van der Waals surface area (Å²) >= 11 is 0. The van der Waals surface area contributed by atoms with Gasteiger partial charge in [0.05, 0.1) is 36.0 Å². The Morgan fingerprint density at radius 3 is 1.73 bits per heavy atom. The fourth-order valence-electron chi connectivity index (χ4n) is 4.71. The van der Waals surface area contributed by atoms with Crippen molar-refractivity contribution in [1.82, 2.24) is 19.9 Å². The van der Waals surface area contributed by atoms with E-state index in [1.54, 1.807) is 6.92 Å². The number of nitrogens with two attached hydrogens (primary N) is 3. The Bertz CT molecular complexity index is 1240. The number of nitrogens with zero attached hydrogens (tertiary/aromatic N) is 4. The van der Waals surface area contributed by atoms with E-state index in [4.69, 9.17) is 37.5 Å². The molecule has 0 bridgehead atoms. The van der Waals surface area contributed by atoms with E-state index in [1.807, 2.05) is 20.8 Å². The van der Waals surface area contributed by atoms with Gasteiger partial charge >= 0.3 is 0 Å². The van der Waals surface area contributed by atoms with Gasteiger partial charge in [0.15, 0.2) is 23.3 Å². The van der Waals surface area contributed by atoms with Gasteiger partial charge in [0.25, 0.3) is 6.09 Å². The fourth-order valence-corrected chi connectivity index (χ4v) is 4.71. The predicted octanol–water partition coefficient (Wildman–Crippen LogP) is 2.68. The van der Waals surface area contributed by atoms with Crippen molar-refractivity contribution in [3.63, 3.8) is 0 Å². The number of hydrogen-bond donors (Lipinski definition) is 7. The lowest BCUT2D eigenvalue weighted by Gasteiger charge is -2.11. The summed E-state index contributed by atoms with van der Waals surface area (Å²) in [7, 11) is 0. The molecule has 40 heavy (non-hydrogen) atoms. The average Bonchev–Trinajstić information content (AvgIpc) is 3.68. The van der Waals surface area contributed by atoms with Gasteiger partial charge < -0.3 is 36.6 Å². The number of halogens is 3. The molecule has 2 aliphatic rings. The molecule has 4 heterocycles. The van der Waals surface area contributed by atoms with Crippen LogP contribution in [0.2, 0.25) is 0 Å². The van der Waals surface area contributed by atoms with Crippen LogP contribution in [0.3, 0.4) is 0 Å². The first kappa shape index (κ1) is 30.7. The molecule has 10 N–H and O–H groups in total. The van der Waals surface area contributed by atoms with Gasteiger partial charge in [-0.3, -0.25) is 10.8 Å². The highest BCUT2D eigenvalue weighted by Crippen LogP contribution is 2.40. The van der Waals surface area contributed by atoms with Crippen molar-refractivity contribution >= 4 is 23.7 Å². The first-order chi connectivity index (χ1) is 18.9. The highest BCUT2D eigenvalue weighted by Gasteiger charge is 2.44. The topological polar surface area (TPSA) is 226 Å². The molecule has 0 amide bonds. The van der Waals surface area contributed by atoms with Crippen molar-refractivity contribution in [2.24, 2.45) is 39.0 Å². The molecule has 2 aromatic heterocycles. The van der Waals surface area contributed by atoms with Crippen LogP contribution in [0.25, 0.3) is 0 Å². The Hall–Kier alpha value is -3.79. The monoisotopic (exact) mass is 567 g/mol.